The van der Waals surface area contributed by atoms with Gasteiger partial charge in [-0.05, 0) is 19.4 Å². The van der Waals surface area contributed by atoms with Crippen LogP contribution in [0.4, 0.5) is 0 Å². The Hall–Kier alpha value is -0.0800. The minimum atomic E-state index is -0.324. The molecular formula is C6H15NO. The van der Waals surface area contributed by atoms with Crippen LogP contribution < -0.4 is 5.32 Å². The fourth-order valence-corrected chi connectivity index (χ4v) is 0.564. The fourth-order valence-electron chi connectivity index (χ4n) is 0.564. The van der Waals surface area contributed by atoms with E-state index in [0.717, 1.165) is 6.42 Å². The van der Waals surface area contributed by atoms with Crippen LogP contribution in [0.15, 0.2) is 0 Å². The Kier molecular flexibility index (Phi) is 3.83. The molecule has 0 spiro atoms. The van der Waals surface area contributed by atoms with Crippen molar-refractivity contribution in [3.63, 3.8) is 0 Å². The van der Waals surface area contributed by atoms with Gasteiger partial charge in [-0.3, -0.25) is 5.32 Å². The molecule has 0 heterocycles. The Balaban J connectivity index is 3.10. The fraction of sp³-hybridized carbons (Fsp3) is 1.00. The zero-order valence-corrected chi connectivity index (χ0v) is 5.81. The largest absolute Gasteiger partial charge is 0.379 e. The number of nitrogens with one attached hydrogen (secondary N) is 1. The van der Waals surface area contributed by atoms with Crippen LogP contribution >= 0.6 is 0 Å². The van der Waals surface area contributed by atoms with Gasteiger partial charge in [0.05, 0.1) is 0 Å². The summed E-state index contributed by atoms with van der Waals surface area (Å²) in [5, 5.41) is 11.7. The maximum Gasteiger partial charge on any atom is 0.104 e. The SMILES string of the molecule is CNC(O)CC(C)C. The quantitative estimate of drug-likeness (QED) is 0.530. The molecule has 50 valence electrons. The van der Waals surface area contributed by atoms with E-state index in [1.165, 1.54) is 0 Å². The van der Waals surface area contributed by atoms with E-state index < -0.39 is 0 Å². The summed E-state index contributed by atoms with van der Waals surface area (Å²) in [5.74, 6) is 0.567. The summed E-state index contributed by atoms with van der Waals surface area (Å²) in [6.45, 7) is 4.17. The second kappa shape index (κ2) is 3.87. The van der Waals surface area contributed by atoms with Crippen molar-refractivity contribution in [3.8, 4) is 0 Å². The Labute approximate surface area is 50.9 Å². The first kappa shape index (κ1) is 7.92. The summed E-state index contributed by atoms with van der Waals surface area (Å²) < 4.78 is 0. The molecule has 2 nitrogen and oxygen atoms in total. The number of hydrogen-bond acceptors (Lipinski definition) is 2. The molecule has 8 heavy (non-hydrogen) atoms. The van der Waals surface area contributed by atoms with Gasteiger partial charge in [0, 0.05) is 0 Å². The van der Waals surface area contributed by atoms with Crippen LogP contribution in [0, 0.1) is 5.92 Å². The molecule has 0 saturated carbocycles. The monoisotopic (exact) mass is 117 g/mol. The van der Waals surface area contributed by atoms with Gasteiger partial charge in [-0.2, -0.15) is 0 Å². The first-order valence-corrected chi connectivity index (χ1v) is 3.02. The molecule has 0 saturated heterocycles. The first-order valence-electron chi connectivity index (χ1n) is 3.02. The zero-order valence-electron chi connectivity index (χ0n) is 5.81. The standard InChI is InChI=1S/C6H15NO/c1-5(2)4-6(8)7-3/h5-8H,4H2,1-3H3. The molecule has 0 fully saturated rings. The predicted octanol–water partition coefficient (Wildman–Crippen LogP) is 0.570. The molecule has 0 bridgehead atoms. The van der Waals surface area contributed by atoms with Crippen molar-refractivity contribution in [1.82, 2.24) is 5.32 Å². The first-order chi connectivity index (χ1) is 3.66. The third-order valence-corrected chi connectivity index (χ3v) is 1.03. The van der Waals surface area contributed by atoms with Gasteiger partial charge in [-0.25, -0.2) is 0 Å². The maximum atomic E-state index is 8.92. The molecule has 0 aromatic carbocycles. The number of hydrogen-bond donors (Lipinski definition) is 2. The highest BCUT2D eigenvalue weighted by atomic mass is 16.3. The molecule has 0 rings (SSSR count). The molecular weight excluding hydrogens is 102 g/mol. The van der Waals surface area contributed by atoms with Crippen molar-refractivity contribution in [2.24, 2.45) is 5.92 Å². The topological polar surface area (TPSA) is 32.3 Å². The van der Waals surface area contributed by atoms with Gasteiger partial charge in [0.15, 0.2) is 0 Å². The Morgan fingerprint density at radius 2 is 2.00 bits per heavy atom. The Morgan fingerprint density at radius 3 is 2.12 bits per heavy atom. The van der Waals surface area contributed by atoms with E-state index >= 15 is 0 Å². The molecule has 0 aliphatic carbocycles. The van der Waals surface area contributed by atoms with Gasteiger partial charge in [-0.15, -0.1) is 0 Å². The van der Waals surface area contributed by atoms with E-state index in [9.17, 15) is 0 Å². The molecule has 2 N–H and O–H groups in total. The van der Waals surface area contributed by atoms with Gasteiger partial charge in [0.1, 0.15) is 6.23 Å². The predicted molar refractivity (Wildman–Crippen MR) is 34.5 cm³/mol. The summed E-state index contributed by atoms with van der Waals surface area (Å²) in [4.78, 5) is 0. The minimum absolute atomic E-state index is 0.324. The van der Waals surface area contributed by atoms with Crippen LogP contribution in [0.2, 0.25) is 0 Å². The maximum absolute atomic E-state index is 8.92. The third kappa shape index (κ3) is 4.09. The average Bonchev–Trinajstić information content (AvgIpc) is 1.65. The lowest BCUT2D eigenvalue weighted by Gasteiger charge is -2.10. The molecule has 0 radical (unpaired) electrons. The molecule has 0 amide bonds. The van der Waals surface area contributed by atoms with Gasteiger partial charge < -0.3 is 5.11 Å². The molecule has 0 aliphatic heterocycles. The van der Waals surface area contributed by atoms with Crippen LogP contribution in [0.5, 0.6) is 0 Å². The average molecular weight is 117 g/mol. The van der Waals surface area contributed by atoms with E-state index in [4.69, 9.17) is 5.11 Å². The van der Waals surface area contributed by atoms with Crippen molar-refractivity contribution in [2.45, 2.75) is 26.5 Å². The second-order valence-corrected chi connectivity index (χ2v) is 2.43. The van der Waals surface area contributed by atoms with Crippen molar-refractivity contribution < 1.29 is 5.11 Å². The third-order valence-electron chi connectivity index (χ3n) is 1.03. The summed E-state index contributed by atoms with van der Waals surface area (Å²) >= 11 is 0. The Bertz CT molecular complexity index is 54.5. The lowest BCUT2D eigenvalue weighted by Crippen LogP contribution is -2.25. The molecule has 0 aromatic rings. The van der Waals surface area contributed by atoms with Crippen LogP contribution in [0.25, 0.3) is 0 Å². The van der Waals surface area contributed by atoms with Crippen molar-refractivity contribution in [3.05, 3.63) is 0 Å². The summed E-state index contributed by atoms with van der Waals surface area (Å²) in [5.41, 5.74) is 0. The van der Waals surface area contributed by atoms with Crippen LogP contribution in [0.3, 0.4) is 0 Å². The van der Waals surface area contributed by atoms with E-state index in [-0.39, 0.29) is 6.23 Å². The molecule has 0 aromatic heterocycles. The van der Waals surface area contributed by atoms with Gasteiger partial charge in [-0.1, -0.05) is 13.8 Å². The van der Waals surface area contributed by atoms with E-state index in [2.05, 4.69) is 19.2 Å². The van der Waals surface area contributed by atoms with Crippen molar-refractivity contribution in [2.75, 3.05) is 7.05 Å². The molecule has 2 heteroatoms. The minimum Gasteiger partial charge on any atom is -0.379 e. The summed E-state index contributed by atoms with van der Waals surface area (Å²) in [7, 11) is 1.76. The number of aliphatic hydroxyl groups is 1. The van der Waals surface area contributed by atoms with Gasteiger partial charge in [0.2, 0.25) is 0 Å². The summed E-state index contributed by atoms with van der Waals surface area (Å²) in [6, 6.07) is 0. The van der Waals surface area contributed by atoms with Gasteiger partial charge >= 0.3 is 0 Å². The second-order valence-electron chi connectivity index (χ2n) is 2.43. The summed E-state index contributed by atoms with van der Waals surface area (Å²) in [6.07, 6.45) is 0.506. The lowest BCUT2D eigenvalue weighted by atomic mass is 10.1. The van der Waals surface area contributed by atoms with Crippen molar-refractivity contribution >= 4 is 0 Å². The van der Waals surface area contributed by atoms with Crippen LogP contribution in [-0.4, -0.2) is 18.4 Å². The number of rotatable bonds is 3. The smallest absolute Gasteiger partial charge is 0.104 e. The number of aliphatic hydroxyl groups excluding tert-OH is 1. The highest BCUT2D eigenvalue weighted by Gasteiger charge is 2.01. The molecule has 1 atom stereocenters. The normalized spacial score (nSPS) is 14.6. The molecule has 0 aliphatic rings. The van der Waals surface area contributed by atoms with Gasteiger partial charge in [0.25, 0.3) is 0 Å². The van der Waals surface area contributed by atoms with E-state index in [0.29, 0.717) is 5.92 Å². The highest BCUT2D eigenvalue weighted by molar-refractivity contribution is 4.51. The lowest BCUT2D eigenvalue weighted by molar-refractivity contribution is 0.122. The van der Waals surface area contributed by atoms with Crippen molar-refractivity contribution in [1.29, 1.82) is 0 Å². The van der Waals surface area contributed by atoms with E-state index in [1.54, 1.807) is 7.05 Å². The zero-order chi connectivity index (χ0) is 6.57. The Morgan fingerprint density at radius 1 is 1.50 bits per heavy atom. The van der Waals surface area contributed by atoms with Crippen LogP contribution in [0.1, 0.15) is 20.3 Å². The molecule has 1 unspecified atom stereocenters. The van der Waals surface area contributed by atoms with Crippen LogP contribution in [-0.2, 0) is 0 Å². The van der Waals surface area contributed by atoms with E-state index in [1.807, 2.05) is 0 Å². The highest BCUT2D eigenvalue weighted by Crippen LogP contribution is 2.00.